The van der Waals surface area contributed by atoms with Gasteiger partial charge in [-0.15, -0.1) is 0 Å². The Kier molecular flexibility index (Phi) is 4.93. The van der Waals surface area contributed by atoms with Gasteiger partial charge in [-0.25, -0.2) is 0 Å². The molecule has 0 fully saturated rings. The Bertz CT molecular complexity index is 795. The highest BCUT2D eigenvalue weighted by Crippen LogP contribution is 2.43. The first kappa shape index (κ1) is 17.1. The maximum absolute atomic E-state index is 2.32. The van der Waals surface area contributed by atoms with E-state index in [0.29, 0.717) is 0 Å². The third-order valence-corrected chi connectivity index (χ3v) is 5.87. The molecule has 0 aliphatic heterocycles. The Labute approximate surface area is 157 Å². The minimum absolute atomic E-state index is 1.10. The third-order valence-electron chi connectivity index (χ3n) is 5.87. The van der Waals surface area contributed by atoms with Gasteiger partial charge >= 0.3 is 0 Å². The summed E-state index contributed by atoms with van der Waals surface area (Å²) in [4.78, 5) is 0. The van der Waals surface area contributed by atoms with Crippen molar-refractivity contribution in [3.05, 3.63) is 82.9 Å². The molecular weight excluding hydrogens is 312 g/mol. The summed E-state index contributed by atoms with van der Waals surface area (Å²) >= 11 is 0. The Morgan fingerprint density at radius 1 is 0.577 bits per heavy atom. The van der Waals surface area contributed by atoms with Crippen LogP contribution in [0.1, 0.15) is 48.9 Å². The van der Waals surface area contributed by atoms with Gasteiger partial charge in [0.25, 0.3) is 0 Å². The Morgan fingerprint density at radius 2 is 0.962 bits per heavy atom. The quantitative estimate of drug-likeness (QED) is 0.478. The summed E-state index contributed by atoms with van der Waals surface area (Å²) < 4.78 is 0. The molecule has 0 unspecified atom stereocenters. The fraction of sp³-hybridized carbons (Fsp3) is 0.308. The van der Waals surface area contributed by atoms with Crippen LogP contribution in [0.2, 0.25) is 0 Å². The summed E-state index contributed by atoms with van der Waals surface area (Å²) in [6.45, 7) is 4.65. The van der Waals surface area contributed by atoms with Crippen molar-refractivity contribution in [1.29, 1.82) is 0 Å². The Hall–Kier alpha value is -2.34. The second-order valence-corrected chi connectivity index (χ2v) is 7.31. The summed E-state index contributed by atoms with van der Waals surface area (Å²) in [7, 11) is 0. The molecule has 0 aromatic heterocycles. The van der Waals surface area contributed by atoms with Crippen LogP contribution in [0.4, 0.5) is 0 Å². The molecule has 0 heteroatoms. The monoisotopic (exact) mass is 340 g/mol. The molecule has 0 nitrogen and oxygen atoms in total. The molecule has 26 heavy (non-hydrogen) atoms. The molecule has 0 heterocycles. The first-order valence-corrected chi connectivity index (χ1v) is 10.1. The number of rotatable bonds is 4. The largest absolute Gasteiger partial charge is 0.0622 e. The Balaban J connectivity index is 2.09. The fourth-order valence-electron chi connectivity index (χ4n) is 4.81. The molecule has 0 saturated carbocycles. The molecule has 0 bridgehead atoms. The molecule has 4 rings (SSSR count). The SMILES string of the molecule is CCc1c(CC)c(-c2ccccc2)c2c(c1-c1ccccc1)CCCC2. The zero-order chi connectivity index (χ0) is 17.9. The van der Waals surface area contributed by atoms with Crippen LogP contribution in [0, 0.1) is 0 Å². The molecular formula is C26H28. The van der Waals surface area contributed by atoms with E-state index in [9.17, 15) is 0 Å². The van der Waals surface area contributed by atoms with Crippen LogP contribution in [0.3, 0.4) is 0 Å². The molecule has 0 atom stereocenters. The van der Waals surface area contributed by atoms with Gasteiger partial charge in [-0.05, 0) is 83.0 Å². The maximum atomic E-state index is 2.32. The minimum atomic E-state index is 1.10. The van der Waals surface area contributed by atoms with Crippen molar-refractivity contribution in [3.63, 3.8) is 0 Å². The molecule has 1 aliphatic rings. The van der Waals surface area contributed by atoms with E-state index in [1.807, 2.05) is 0 Å². The predicted octanol–water partition coefficient (Wildman–Crippen LogP) is 7.02. The molecule has 132 valence electrons. The number of hydrogen-bond donors (Lipinski definition) is 0. The lowest BCUT2D eigenvalue weighted by Crippen LogP contribution is -2.12. The molecule has 0 saturated heterocycles. The van der Waals surface area contributed by atoms with Crippen LogP contribution in [-0.2, 0) is 25.7 Å². The summed E-state index contributed by atoms with van der Waals surface area (Å²) in [5.41, 5.74) is 12.3. The fourth-order valence-corrected chi connectivity index (χ4v) is 4.81. The average molecular weight is 341 g/mol. The van der Waals surface area contributed by atoms with Gasteiger partial charge in [-0.2, -0.15) is 0 Å². The van der Waals surface area contributed by atoms with E-state index < -0.39 is 0 Å². The lowest BCUT2D eigenvalue weighted by molar-refractivity contribution is 0.685. The van der Waals surface area contributed by atoms with Gasteiger partial charge in [0.05, 0.1) is 0 Å². The molecule has 0 radical (unpaired) electrons. The predicted molar refractivity (Wildman–Crippen MR) is 113 cm³/mol. The maximum Gasteiger partial charge on any atom is -0.0114 e. The molecule has 1 aliphatic carbocycles. The van der Waals surface area contributed by atoms with E-state index in [1.165, 1.54) is 36.8 Å². The van der Waals surface area contributed by atoms with Crippen LogP contribution >= 0.6 is 0 Å². The standard InChI is InChI=1S/C26H28/c1-3-21-22(4-2)26(20-15-9-6-10-16-20)24-18-12-11-17-23(24)25(21)19-13-7-5-8-14-19/h5-10,13-16H,3-4,11-12,17-18H2,1-2H3. The average Bonchev–Trinajstić information content (AvgIpc) is 2.73. The number of hydrogen-bond acceptors (Lipinski definition) is 0. The lowest BCUT2D eigenvalue weighted by atomic mass is 9.75. The van der Waals surface area contributed by atoms with E-state index >= 15 is 0 Å². The smallest absolute Gasteiger partial charge is 0.0114 e. The van der Waals surface area contributed by atoms with E-state index in [1.54, 1.807) is 33.4 Å². The van der Waals surface area contributed by atoms with E-state index in [-0.39, 0.29) is 0 Å². The van der Waals surface area contributed by atoms with Gasteiger partial charge in [0, 0.05) is 0 Å². The molecule has 0 spiro atoms. The van der Waals surface area contributed by atoms with Gasteiger partial charge < -0.3 is 0 Å². The van der Waals surface area contributed by atoms with Gasteiger partial charge in [0.1, 0.15) is 0 Å². The second kappa shape index (κ2) is 7.50. The first-order chi connectivity index (χ1) is 12.8. The molecule has 0 amide bonds. The van der Waals surface area contributed by atoms with Crippen molar-refractivity contribution < 1.29 is 0 Å². The van der Waals surface area contributed by atoms with Crippen molar-refractivity contribution in [2.45, 2.75) is 52.4 Å². The lowest BCUT2D eigenvalue weighted by Gasteiger charge is -2.29. The third kappa shape index (κ3) is 2.88. The normalized spacial score (nSPS) is 13.5. The van der Waals surface area contributed by atoms with Gasteiger partial charge in [0.15, 0.2) is 0 Å². The summed E-state index contributed by atoms with van der Waals surface area (Å²) in [5.74, 6) is 0. The highest BCUT2D eigenvalue weighted by Gasteiger charge is 2.25. The zero-order valence-corrected chi connectivity index (χ0v) is 16.0. The summed E-state index contributed by atoms with van der Waals surface area (Å²) in [6.07, 6.45) is 7.26. The highest BCUT2D eigenvalue weighted by atomic mass is 14.3. The topological polar surface area (TPSA) is 0 Å². The van der Waals surface area contributed by atoms with Gasteiger partial charge in [-0.3, -0.25) is 0 Å². The summed E-state index contributed by atoms with van der Waals surface area (Å²) in [5, 5.41) is 0. The highest BCUT2D eigenvalue weighted by molar-refractivity contribution is 5.84. The van der Waals surface area contributed by atoms with Crippen LogP contribution in [0.25, 0.3) is 22.3 Å². The van der Waals surface area contributed by atoms with Crippen molar-refractivity contribution in [3.8, 4) is 22.3 Å². The van der Waals surface area contributed by atoms with E-state index in [4.69, 9.17) is 0 Å². The van der Waals surface area contributed by atoms with Crippen LogP contribution < -0.4 is 0 Å². The van der Waals surface area contributed by atoms with Crippen LogP contribution in [0.5, 0.6) is 0 Å². The van der Waals surface area contributed by atoms with Gasteiger partial charge in [-0.1, -0.05) is 74.5 Å². The van der Waals surface area contributed by atoms with Crippen LogP contribution in [0.15, 0.2) is 60.7 Å². The van der Waals surface area contributed by atoms with Crippen LogP contribution in [-0.4, -0.2) is 0 Å². The van der Waals surface area contributed by atoms with Crippen molar-refractivity contribution >= 4 is 0 Å². The van der Waals surface area contributed by atoms with Gasteiger partial charge in [0.2, 0.25) is 0 Å². The minimum Gasteiger partial charge on any atom is -0.0622 e. The number of fused-ring (bicyclic) bond motifs is 1. The molecule has 3 aromatic carbocycles. The Morgan fingerprint density at radius 3 is 1.31 bits per heavy atom. The second-order valence-electron chi connectivity index (χ2n) is 7.31. The van der Waals surface area contributed by atoms with Crippen molar-refractivity contribution in [1.82, 2.24) is 0 Å². The van der Waals surface area contributed by atoms with Crippen molar-refractivity contribution in [2.75, 3.05) is 0 Å². The van der Waals surface area contributed by atoms with E-state index in [0.717, 1.165) is 12.8 Å². The summed E-state index contributed by atoms with van der Waals surface area (Å²) in [6, 6.07) is 22.2. The first-order valence-electron chi connectivity index (χ1n) is 10.1. The van der Waals surface area contributed by atoms with E-state index in [2.05, 4.69) is 74.5 Å². The molecule has 0 N–H and O–H groups in total. The number of benzene rings is 3. The molecule has 3 aromatic rings. The zero-order valence-electron chi connectivity index (χ0n) is 16.0. The van der Waals surface area contributed by atoms with Crippen molar-refractivity contribution in [2.24, 2.45) is 0 Å².